The van der Waals surface area contributed by atoms with Gasteiger partial charge in [0, 0.05) is 29.9 Å². The maximum absolute atomic E-state index is 13.1. The highest BCUT2D eigenvalue weighted by atomic mass is 32.2. The maximum Gasteiger partial charge on any atom is 0.416 e. The normalized spacial score (nSPS) is 12.4. The molecular weight excluding hydrogens is 431 g/mol. The minimum atomic E-state index is -4.56. The summed E-state index contributed by atoms with van der Waals surface area (Å²) >= 11 is 0. The molecule has 3 aromatic rings. The van der Waals surface area contributed by atoms with E-state index in [2.05, 4.69) is 15.3 Å². The number of benzene rings is 1. The molecular formula is C21H18F3N3O3S. The number of H-pyrrole nitrogens is 1. The highest BCUT2D eigenvalue weighted by Gasteiger charge is 2.31. The van der Waals surface area contributed by atoms with Crippen LogP contribution < -0.4 is 10.7 Å². The molecule has 31 heavy (non-hydrogen) atoms. The first kappa shape index (κ1) is 22.4. The lowest BCUT2D eigenvalue weighted by atomic mass is 9.99. The molecule has 0 bridgehead atoms. The summed E-state index contributed by atoms with van der Waals surface area (Å²) in [6.45, 7) is 1.56. The second-order valence-corrected chi connectivity index (χ2v) is 8.11. The van der Waals surface area contributed by atoms with Crippen LogP contribution in [-0.2, 0) is 23.5 Å². The lowest BCUT2D eigenvalue weighted by Crippen LogP contribution is -2.29. The van der Waals surface area contributed by atoms with E-state index in [0.29, 0.717) is 16.3 Å². The standard InChI is InChI=1S/C21H18F3N3O3S/c1-12-18(13-4-3-5-14(8-13)21(22,23)24)19(28)17(11-25-12)20(29)27-9-15-6-7-16(10-26-15)31(2)30/h3-8,10-11H,9H2,1-2H3,(H,25,28)(H,27,29). The number of carbonyl (C=O) groups excluding carboxylic acids is 1. The Morgan fingerprint density at radius 1 is 1.23 bits per heavy atom. The number of aromatic nitrogens is 2. The second-order valence-electron chi connectivity index (χ2n) is 6.73. The van der Waals surface area contributed by atoms with Crippen LogP contribution in [0.5, 0.6) is 0 Å². The summed E-state index contributed by atoms with van der Waals surface area (Å²) in [5.41, 5.74) is -0.919. The van der Waals surface area contributed by atoms with Crippen molar-refractivity contribution in [3.05, 3.63) is 81.5 Å². The fraction of sp³-hybridized carbons (Fsp3) is 0.190. The van der Waals surface area contributed by atoms with Gasteiger partial charge < -0.3 is 10.3 Å². The zero-order chi connectivity index (χ0) is 22.8. The van der Waals surface area contributed by atoms with Crippen LogP contribution in [0.3, 0.4) is 0 Å². The third kappa shape index (κ3) is 5.08. The SMILES string of the molecule is Cc1[nH]cc(C(=O)NCc2ccc(S(C)=O)cn2)c(=O)c1-c1cccc(C(F)(F)F)c1. The van der Waals surface area contributed by atoms with Crippen molar-refractivity contribution < 1.29 is 22.2 Å². The van der Waals surface area contributed by atoms with Gasteiger partial charge in [-0.2, -0.15) is 13.2 Å². The van der Waals surface area contributed by atoms with Crippen molar-refractivity contribution >= 4 is 16.7 Å². The van der Waals surface area contributed by atoms with E-state index in [-0.39, 0.29) is 23.2 Å². The average Bonchev–Trinajstić information content (AvgIpc) is 2.72. The van der Waals surface area contributed by atoms with Gasteiger partial charge in [-0.25, -0.2) is 0 Å². The second kappa shape index (κ2) is 8.84. The number of pyridine rings is 2. The Balaban J connectivity index is 1.87. The summed E-state index contributed by atoms with van der Waals surface area (Å²) in [5, 5.41) is 2.56. The van der Waals surface area contributed by atoms with Gasteiger partial charge in [-0.15, -0.1) is 0 Å². The highest BCUT2D eigenvalue weighted by Crippen LogP contribution is 2.32. The Bertz CT molecular complexity index is 1200. The maximum atomic E-state index is 13.1. The summed E-state index contributed by atoms with van der Waals surface area (Å²) in [7, 11) is -1.18. The van der Waals surface area contributed by atoms with Crippen molar-refractivity contribution in [3.63, 3.8) is 0 Å². The number of halogens is 3. The average molecular weight is 449 g/mol. The van der Waals surface area contributed by atoms with Crippen LogP contribution in [-0.4, -0.2) is 26.3 Å². The van der Waals surface area contributed by atoms with Crippen LogP contribution in [0, 0.1) is 6.92 Å². The van der Waals surface area contributed by atoms with E-state index in [1.165, 1.54) is 30.8 Å². The van der Waals surface area contributed by atoms with Crippen molar-refractivity contribution in [2.75, 3.05) is 6.26 Å². The van der Waals surface area contributed by atoms with E-state index in [1.807, 2.05) is 0 Å². The van der Waals surface area contributed by atoms with Crippen molar-refractivity contribution in [1.29, 1.82) is 0 Å². The number of nitrogens with one attached hydrogen (secondary N) is 2. The van der Waals surface area contributed by atoms with E-state index in [9.17, 15) is 27.0 Å². The summed E-state index contributed by atoms with van der Waals surface area (Å²) in [6.07, 6.45) is -0.383. The minimum absolute atomic E-state index is 0.00773. The number of aryl methyl sites for hydroxylation is 1. The van der Waals surface area contributed by atoms with Gasteiger partial charge in [0.05, 0.1) is 33.5 Å². The van der Waals surface area contributed by atoms with Gasteiger partial charge in [0.1, 0.15) is 5.56 Å². The Kier molecular flexibility index (Phi) is 6.40. The van der Waals surface area contributed by atoms with Gasteiger partial charge in [-0.1, -0.05) is 12.1 Å². The minimum Gasteiger partial charge on any atom is -0.364 e. The van der Waals surface area contributed by atoms with E-state index in [4.69, 9.17) is 0 Å². The van der Waals surface area contributed by atoms with Crippen LogP contribution in [0.2, 0.25) is 0 Å². The molecule has 10 heteroatoms. The number of carbonyl (C=O) groups is 1. The number of nitrogens with zero attached hydrogens (tertiary/aromatic N) is 1. The molecule has 0 saturated heterocycles. The zero-order valence-electron chi connectivity index (χ0n) is 16.5. The van der Waals surface area contributed by atoms with Crippen LogP contribution in [0.25, 0.3) is 11.1 Å². The first-order valence-electron chi connectivity index (χ1n) is 9.04. The smallest absolute Gasteiger partial charge is 0.364 e. The Morgan fingerprint density at radius 3 is 2.58 bits per heavy atom. The van der Waals surface area contributed by atoms with Gasteiger partial charge in [-0.05, 0) is 36.8 Å². The molecule has 0 saturated carbocycles. The van der Waals surface area contributed by atoms with Crippen LogP contribution >= 0.6 is 0 Å². The number of alkyl halides is 3. The van der Waals surface area contributed by atoms with Crippen LogP contribution in [0.1, 0.15) is 27.3 Å². The fourth-order valence-corrected chi connectivity index (χ4v) is 3.40. The van der Waals surface area contributed by atoms with Crippen molar-refractivity contribution in [3.8, 4) is 11.1 Å². The van der Waals surface area contributed by atoms with E-state index in [0.717, 1.165) is 12.1 Å². The number of amides is 1. The lowest BCUT2D eigenvalue weighted by Gasteiger charge is -2.12. The molecule has 1 atom stereocenters. The quantitative estimate of drug-likeness (QED) is 0.624. The molecule has 1 amide bonds. The van der Waals surface area contributed by atoms with Gasteiger partial charge in [0.2, 0.25) is 5.43 Å². The molecule has 2 heterocycles. The topological polar surface area (TPSA) is 91.9 Å². The zero-order valence-corrected chi connectivity index (χ0v) is 17.4. The Morgan fingerprint density at radius 2 is 1.97 bits per heavy atom. The Labute approximate surface area is 178 Å². The van der Waals surface area contributed by atoms with Gasteiger partial charge in [0.15, 0.2) is 0 Å². The molecule has 0 fully saturated rings. The lowest BCUT2D eigenvalue weighted by molar-refractivity contribution is -0.137. The molecule has 3 rings (SSSR count). The van der Waals surface area contributed by atoms with Crippen LogP contribution in [0.15, 0.2) is 58.5 Å². The predicted octanol–water partition coefficient (Wildman–Crippen LogP) is 3.43. The largest absolute Gasteiger partial charge is 0.416 e. The van der Waals surface area contributed by atoms with Crippen molar-refractivity contribution in [1.82, 2.24) is 15.3 Å². The molecule has 1 unspecified atom stereocenters. The molecule has 1 aromatic carbocycles. The predicted molar refractivity (Wildman–Crippen MR) is 110 cm³/mol. The number of hydrogen-bond acceptors (Lipinski definition) is 4. The summed E-state index contributed by atoms with van der Waals surface area (Å²) in [4.78, 5) is 32.9. The third-order valence-electron chi connectivity index (χ3n) is 4.56. The first-order chi connectivity index (χ1) is 14.6. The molecule has 2 aromatic heterocycles. The number of aromatic amines is 1. The number of hydrogen-bond donors (Lipinski definition) is 2. The molecule has 6 nitrogen and oxygen atoms in total. The summed E-state index contributed by atoms with van der Waals surface area (Å²) < 4.78 is 50.5. The first-order valence-corrected chi connectivity index (χ1v) is 10.6. The van der Waals surface area contributed by atoms with Crippen LogP contribution in [0.4, 0.5) is 13.2 Å². The molecule has 0 aliphatic rings. The van der Waals surface area contributed by atoms with E-state index >= 15 is 0 Å². The van der Waals surface area contributed by atoms with Gasteiger partial charge >= 0.3 is 6.18 Å². The molecule has 0 radical (unpaired) electrons. The molecule has 0 spiro atoms. The highest BCUT2D eigenvalue weighted by molar-refractivity contribution is 7.84. The van der Waals surface area contributed by atoms with Crippen molar-refractivity contribution in [2.45, 2.75) is 24.5 Å². The van der Waals surface area contributed by atoms with E-state index in [1.54, 1.807) is 19.1 Å². The Hall–Kier alpha value is -3.27. The third-order valence-corrected chi connectivity index (χ3v) is 5.47. The van der Waals surface area contributed by atoms with Gasteiger partial charge in [-0.3, -0.25) is 18.8 Å². The number of rotatable bonds is 5. The van der Waals surface area contributed by atoms with Crippen molar-refractivity contribution in [2.24, 2.45) is 0 Å². The van der Waals surface area contributed by atoms with Gasteiger partial charge in [0.25, 0.3) is 5.91 Å². The molecule has 0 aliphatic heterocycles. The summed E-state index contributed by atoms with van der Waals surface area (Å²) in [5.74, 6) is -0.695. The molecule has 162 valence electrons. The summed E-state index contributed by atoms with van der Waals surface area (Å²) in [6, 6.07) is 7.61. The van der Waals surface area contributed by atoms with E-state index < -0.39 is 33.9 Å². The molecule has 0 aliphatic carbocycles. The monoisotopic (exact) mass is 449 g/mol. The fourth-order valence-electron chi connectivity index (χ4n) is 2.94. The molecule has 2 N–H and O–H groups in total.